The molecule has 0 aliphatic carbocycles. The average Bonchev–Trinajstić information content (AvgIpc) is 2.87. The Hall–Kier alpha value is -2.89. The normalized spacial score (nSPS) is 10.7. The number of nitrogens with one attached hydrogen (secondary N) is 1. The van der Waals surface area contributed by atoms with Crippen LogP contribution in [0.15, 0.2) is 48.8 Å². The number of pyridine rings is 1. The Kier molecular flexibility index (Phi) is 2.83. The van der Waals surface area contributed by atoms with Gasteiger partial charge in [0.1, 0.15) is 5.82 Å². The monoisotopic (exact) mass is 270 g/mol. The first-order chi connectivity index (χ1) is 9.65. The number of aromatic nitrogens is 2. The molecule has 100 valence electrons. The van der Waals surface area contributed by atoms with Crippen LogP contribution in [-0.2, 0) is 0 Å². The van der Waals surface area contributed by atoms with Crippen LogP contribution in [0.5, 0.6) is 0 Å². The number of nitrogens with zero attached hydrogens (tertiary/aromatic N) is 2. The number of halogens is 1. The fourth-order valence-electron chi connectivity index (χ4n) is 1.94. The van der Waals surface area contributed by atoms with Gasteiger partial charge in [-0.05, 0) is 30.3 Å². The van der Waals surface area contributed by atoms with Crippen LogP contribution in [0.2, 0.25) is 0 Å². The third kappa shape index (κ3) is 2.07. The molecular weight excluding hydrogens is 259 g/mol. The van der Waals surface area contributed by atoms with Crippen LogP contribution in [0, 0.1) is 5.82 Å². The second-order valence-electron chi connectivity index (χ2n) is 4.28. The molecule has 0 saturated carbocycles. The number of anilines is 2. The van der Waals surface area contributed by atoms with Gasteiger partial charge in [-0.2, -0.15) is 5.10 Å². The first-order valence-electron chi connectivity index (χ1n) is 5.94. The summed E-state index contributed by atoms with van der Waals surface area (Å²) in [4.78, 5) is 12.2. The number of nitrogen functional groups attached to an aromatic ring is 1. The highest BCUT2D eigenvalue weighted by atomic mass is 19.1. The molecule has 20 heavy (non-hydrogen) atoms. The highest BCUT2D eigenvalue weighted by molar-refractivity contribution is 6.08. The quantitative estimate of drug-likeness (QED) is 0.702. The van der Waals surface area contributed by atoms with Crippen molar-refractivity contribution in [3.63, 3.8) is 0 Å². The number of carbonyl (C=O) groups is 1. The Morgan fingerprint density at radius 2 is 2.15 bits per heavy atom. The van der Waals surface area contributed by atoms with E-state index in [0.29, 0.717) is 16.8 Å². The third-order valence-electron chi connectivity index (χ3n) is 2.91. The van der Waals surface area contributed by atoms with Crippen LogP contribution in [-0.4, -0.2) is 15.5 Å². The van der Waals surface area contributed by atoms with E-state index < -0.39 is 11.7 Å². The van der Waals surface area contributed by atoms with Gasteiger partial charge in [0.05, 0.1) is 23.0 Å². The van der Waals surface area contributed by atoms with Gasteiger partial charge in [0.2, 0.25) is 0 Å². The number of hydrogen-bond acceptors (Lipinski definition) is 3. The molecule has 0 saturated heterocycles. The second-order valence-corrected chi connectivity index (χ2v) is 4.28. The number of fused-ring (bicyclic) bond motifs is 1. The molecule has 0 fully saturated rings. The maximum Gasteiger partial charge on any atom is 0.259 e. The number of rotatable bonds is 2. The van der Waals surface area contributed by atoms with Gasteiger partial charge >= 0.3 is 0 Å². The van der Waals surface area contributed by atoms with Gasteiger partial charge in [0.15, 0.2) is 0 Å². The molecular formula is C14H11FN4O. The first-order valence-corrected chi connectivity index (χ1v) is 5.94. The molecule has 0 spiro atoms. The average molecular weight is 270 g/mol. The van der Waals surface area contributed by atoms with Crippen molar-refractivity contribution < 1.29 is 9.18 Å². The summed E-state index contributed by atoms with van der Waals surface area (Å²) in [6, 6.07) is 9.38. The van der Waals surface area contributed by atoms with Crippen LogP contribution in [0.1, 0.15) is 10.4 Å². The molecule has 2 aromatic heterocycles. The van der Waals surface area contributed by atoms with E-state index in [-0.39, 0.29) is 5.69 Å². The van der Waals surface area contributed by atoms with E-state index in [1.54, 1.807) is 28.9 Å². The minimum atomic E-state index is -0.538. The predicted octanol–water partition coefficient (Wildman–Crippen LogP) is 2.31. The molecule has 5 nitrogen and oxygen atoms in total. The van der Waals surface area contributed by atoms with Crippen LogP contribution in [0.4, 0.5) is 15.8 Å². The molecule has 3 rings (SSSR count). The summed E-state index contributed by atoms with van der Waals surface area (Å²) in [7, 11) is 0. The fourth-order valence-corrected chi connectivity index (χ4v) is 1.94. The van der Waals surface area contributed by atoms with Gasteiger partial charge in [-0.25, -0.2) is 8.91 Å². The van der Waals surface area contributed by atoms with Gasteiger partial charge < -0.3 is 11.1 Å². The number of hydrogen-bond donors (Lipinski definition) is 2. The Labute approximate surface area is 113 Å². The summed E-state index contributed by atoms with van der Waals surface area (Å²) in [5.74, 6) is -0.972. The van der Waals surface area contributed by atoms with Crippen molar-refractivity contribution in [3.05, 3.63) is 60.2 Å². The highest BCUT2D eigenvalue weighted by Gasteiger charge is 2.14. The Morgan fingerprint density at radius 1 is 1.30 bits per heavy atom. The molecule has 0 bridgehead atoms. The smallest absolute Gasteiger partial charge is 0.259 e. The molecule has 3 N–H and O–H groups in total. The maximum absolute atomic E-state index is 13.6. The largest absolute Gasteiger partial charge is 0.399 e. The summed E-state index contributed by atoms with van der Waals surface area (Å²) in [5, 5.41) is 6.56. The van der Waals surface area contributed by atoms with Crippen LogP contribution in [0.25, 0.3) is 5.52 Å². The topological polar surface area (TPSA) is 72.4 Å². The number of amides is 1. The van der Waals surface area contributed by atoms with Crippen LogP contribution in [0.3, 0.4) is 0 Å². The summed E-state index contributed by atoms with van der Waals surface area (Å²) in [6.45, 7) is 0. The lowest BCUT2D eigenvalue weighted by molar-refractivity contribution is 0.102. The van der Waals surface area contributed by atoms with Gasteiger partial charge in [-0.1, -0.05) is 6.07 Å². The third-order valence-corrected chi connectivity index (χ3v) is 2.91. The Balaban J connectivity index is 1.95. The van der Waals surface area contributed by atoms with Crippen molar-refractivity contribution in [3.8, 4) is 0 Å². The zero-order chi connectivity index (χ0) is 14.1. The van der Waals surface area contributed by atoms with Crippen LogP contribution < -0.4 is 11.1 Å². The second kappa shape index (κ2) is 4.65. The van der Waals surface area contributed by atoms with Crippen molar-refractivity contribution in [2.24, 2.45) is 0 Å². The van der Waals surface area contributed by atoms with Gasteiger partial charge in [-0.15, -0.1) is 0 Å². The Morgan fingerprint density at radius 3 is 3.00 bits per heavy atom. The number of nitrogens with two attached hydrogens (primary N) is 1. The van der Waals surface area contributed by atoms with E-state index in [2.05, 4.69) is 10.4 Å². The molecule has 1 amide bonds. The standard InChI is InChI=1S/C14H11FN4O/c15-11-5-4-9(16)7-12(11)18-14(20)10-8-17-19-6-2-1-3-13(10)19/h1-8H,16H2,(H,18,20). The van der Waals surface area contributed by atoms with Crippen molar-refractivity contribution in [1.82, 2.24) is 9.61 Å². The minimum absolute atomic E-state index is 0.0466. The zero-order valence-electron chi connectivity index (χ0n) is 10.4. The van der Waals surface area contributed by atoms with E-state index in [9.17, 15) is 9.18 Å². The molecule has 1 aromatic carbocycles. The number of benzene rings is 1. The molecule has 2 heterocycles. The molecule has 6 heteroatoms. The van der Waals surface area contributed by atoms with E-state index in [4.69, 9.17) is 5.73 Å². The van der Waals surface area contributed by atoms with Crippen LogP contribution >= 0.6 is 0 Å². The van der Waals surface area contributed by atoms with Gasteiger partial charge in [0, 0.05) is 11.9 Å². The molecule has 0 unspecified atom stereocenters. The SMILES string of the molecule is Nc1ccc(F)c(NC(=O)c2cnn3ccccc23)c1. The molecule has 0 aliphatic heterocycles. The zero-order valence-corrected chi connectivity index (χ0v) is 10.4. The van der Waals surface area contributed by atoms with Crippen molar-refractivity contribution in [1.29, 1.82) is 0 Å². The van der Waals surface area contributed by atoms with Crippen molar-refractivity contribution in [2.45, 2.75) is 0 Å². The summed E-state index contributed by atoms with van der Waals surface area (Å²) in [5.41, 5.74) is 7.02. The molecule has 3 aromatic rings. The van der Waals surface area contributed by atoms with E-state index in [1.165, 1.54) is 24.4 Å². The summed E-state index contributed by atoms with van der Waals surface area (Å²) in [6.07, 6.45) is 3.17. The highest BCUT2D eigenvalue weighted by Crippen LogP contribution is 2.19. The molecule has 0 atom stereocenters. The number of carbonyl (C=O) groups excluding carboxylic acids is 1. The Bertz CT molecular complexity index is 797. The lowest BCUT2D eigenvalue weighted by atomic mass is 10.2. The predicted molar refractivity (Wildman–Crippen MR) is 74.0 cm³/mol. The summed E-state index contributed by atoms with van der Waals surface area (Å²) < 4.78 is 15.2. The van der Waals surface area contributed by atoms with Gasteiger partial charge in [0.25, 0.3) is 5.91 Å². The van der Waals surface area contributed by atoms with Crippen molar-refractivity contribution >= 4 is 22.8 Å². The lowest BCUT2D eigenvalue weighted by Crippen LogP contribution is -2.13. The summed E-state index contributed by atoms with van der Waals surface area (Å²) >= 11 is 0. The van der Waals surface area contributed by atoms with E-state index in [1.807, 2.05) is 0 Å². The fraction of sp³-hybridized carbons (Fsp3) is 0. The minimum Gasteiger partial charge on any atom is -0.399 e. The maximum atomic E-state index is 13.6. The van der Waals surface area contributed by atoms with Crippen molar-refractivity contribution in [2.75, 3.05) is 11.1 Å². The molecule has 0 aliphatic rings. The lowest BCUT2D eigenvalue weighted by Gasteiger charge is -2.06. The first kappa shape index (κ1) is 12.2. The molecule has 0 radical (unpaired) electrons. The van der Waals surface area contributed by atoms with E-state index in [0.717, 1.165) is 0 Å². The van der Waals surface area contributed by atoms with Gasteiger partial charge in [-0.3, -0.25) is 4.79 Å². The van der Waals surface area contributed by atoms with E-state index >= 15 is 0 Å².